The summed E-state index contributed by atoms with van der Waals surface area (Å²) in [7, 11) is 3.52. The molecule has 0 radical (unpaired) electrons. The van der Waals surface area contributed by atoms with Crippen molar-refractivity contribution in [1.82, 2.24) is 4.90 Å². The Morgan fingerprint density at radius 1 is 1.15 bits per heavy atom. The average molecular weight is 475 g/mol. The maximum Gasteiger partial charge on any atom is 0.341 e. The Balaban J connectivity index is 1.73. The first kappa shape index (κ1) is 25.1. The second-order valence-corrected chi connectivity index (χ2v) is 9.24. The van der Waals surface area contributed by atoms with E-state index in [0.29, 0.717) is 41.8 Å². The number of nitrogens with zero attached hydrogens (tertiary/aromatic N) is 1. The Hall–Kier alpha value is -2.58. The van der Waals surface area contributed by atoms with E-state index in [4.69, 9.17) is 14.2 Å². The molecule has 1 amide bonds. The maximum absolute atomic E-state index is 13.1. The normalized spacial score (nSPS) is 13.9. The number of rotatable bonds is 10. The summed E-state index contributed by atoms with van der Waals surface area (Å²) < 4.78 is 16.3. The summed E-state index contributed by atoms with van der Waals surface area (Å²) in [6.45, 7) is 7.01. The molecule has 0 saturated heterocycles. The fourth-order valence-corrected chi connectivity index (χ4v) is 5.28. The van der Waals surface area contributed by atoms with Crippen LogP contribution in [0.1, 0.15) is 60.0 Å². The van der Waals surface area contributed by atoms with Crippen LogP contribution >= 0.6 is 11.3 Å². The van der Waals surface area contributed by atoms with Gasteiger partial charge >= 0.3 is 5.97 Å². The van der Waals surface area contributed by atoms with E-state index < -0.39 is 6.04 Å². The van der Waals surface area contributed by atoms with Gasteiger partial charge in [-0.1, -0.05) is 6.07 Å². The second-order valence-electron chi connectivity index (χ2n) is 8.13. The average Bonchev–Trinajstić information content (AvgIpc) is 3.17. The third-order valence-corrected chi connectivity index (χ3v) is 7.10. The number of anilines is 1. The van der Waals surface area contributed by atoms with Gasteiger partial charge in [0, 0.05) is 11.4 Å². The Morgan fingerprint density at radius 2 is 1.91 bits per heavy atom. The van der Waals surface area contributed by atoms with E-state index in [0.717, 1.165) is 36.8 Å². The molecule has 1 atom stereocenters. The van der Waals surface area contributed by atoms with Crippen molar-refractivity contribution in [3.8, 4) is 11.5 Å². The number of hydrogen-bond acceptors (Lipinski definition) is 7. The molecule has 1 aliphatic rings. The highest BCUT2D eigenvalue weighted by Crippen LogP contribution is 2.38. The van der Waals surface area contributed by atoms with Crippen LogP contribution in [0.3, 0.4) is 0 Å². The Kier molecular flexibility index (Phi) is 8.74. The van der Waals surface area contributed by atoms with Gasteiger partial charge in [-0.3, -0.25) is 9.69 Å². The number of carbonyl (C=O) groups excluding carboxylic acids is 2. The lowest BCUT2D eigenvalue weighted by Crippen LogP contribution is -2.39. The van der Waals surface area contributed by atoms with Gasteiger partial charge in [-0.05, 0) is 76.8 Å². The van der Waals surface area contributed by atoms with Crippen molar-refractivity contribution in [1.29, 1.82) is 0 Å². The molecular formula is C25H34N2O5S. The first-order valence-corrected chi connectivity index (χ1v) is 12.3. The number of methoxy groups -OCH3 is 1. The van der Waals surface area contributed by atoms with Crippen LogP contribution in [0.2, 0.25) is 0 Å². The van der Waals surface area contributed by atoms with E-state index in [1.165, 1.54) is 16.2 Å². The molecule has 180 valence electrons. The smallest absolute Gasteiger partial charge is 0.341 e. The molecule has 8 heteroatoms. The number of amides is 1. The summed E-state index contributed by atoms with van der Waals surface area (Å²) >= 11 is 1.51. The van der Waals surface area contributed by atoms with E-state index in [9.17, 15) is 9.59 Å². The van der Waals surface area contributed by atoms with Gasteiger partial charge < -0.3 is 19.5 Å². The Labute approximate surface area is 200 Å². The van der Waals surface area contributed by atoms with Crippen molar-refractivity contribution in [3.05, 3.63) is 39.8 Å². The topological polar surface area (TPSA) is 77.1 Å². The Bertz CT molecular complexity index is 987. The Morgan fingerprint density at radius 3 is 2.61 bits per heavy atom. The van der Waals surface area contributed by atoms with Gasteiger partial charge in [-0.15, -0.1) is 11.3 Å². The fraction of sp³-hybridized carbons (Fsp3) is 0.520. The standard InChI is InChI=1S/C25H34N2O5S/c1-6-31-19-13-12-17(14-20(19)30-5)15-27(4)16(3)23(28)26-24-22(25(29)32-7-2)18-10-8-9-11-21(18)33-24/h12-14,16H,6-11,15H2,1-5H3,(H,26,28). The monoisotopic (exact) mass is 474 g/mol. The lowest BCUT2D eigenvalue weighted by Gasteiger charge is -2.24. The first-order valence-electron chi connectivity index (χ1n) is 11.5. The van der Waals surface area contributed by atoms with Crippen LogP contribution in [-0.4, -0.2) is 50.2 Å². The van der Waals surface area contributed by atoms with Crippen LogP contribution in [0.5, 0.6) is 11.5 Å². The lowest BCUT2D eigenvalue weighted by molar-refractivity contribution is -0.120. The van der Waals surface area contributed by atoms with Crippen LogP contribution in [-0.2, 0) is 28.9 Å². The summed E-state index contributed by atoms with van der Waals surface area (Å²) in [4.78, 5) is 28.9. The van der Waals surface area contributed by atoms with Crippen LogP contribution in [0.4, 0.5) is 5.00 Å². The molecule has 0 spiro atoms. The zero-order valence-electron chi connectivity index (χ0n) is 20.2. The van der Waals surface area contributed by atoms with Crippen molar-refractivity contribution < 1.29 is 23.8 Å². The van der Waals surface area contributed by atoms with Gasteiger partial charge in [0.25, 0.3) is 0 Å². The number of carbonyl (C=O) groups is 2. The number of benzene rings is 1. The number of aryl methyl sites for hydroxylation is 1. The first-order chi connectivity index (χ1) is 15.9. The summed E-state index contributed by atoms with van der Waals surface area (Å²) in [5.74, 6) is 0.864. The molecule has 33 heavy (non-hydrogen) atoms. The van der Waals surface area contributed by atoms with Crippen molar-refractivity contribution in [2.45, 2.75) is 59.0 Å². The molecule has 7 nitrogen and oxygen atoms in total. The van der Waals surface area contributed by atoms with Crippen LogP contribution < -0.4 is 14.8 Å². The molecule has 0 fully saturated rings. The molecule has 1 aromatic heterocycles. The molecule has 1 aromatic carbocycles. The number of likely N-dealkylation sites (N-methyl/N-ethyl adjacent to an activating group) is 1. The van der Waals surface area contributed by atoms with Gasteiger partial charge in [0.15, 0.2) is 11.5 Å². The molecule has 3 rings (SSSR count). The maximum atomic E-state index is 13.1. The minimum Gasteiger partial charge on any atom is -0.493 e. The van der Waals surface area contributed by atoms with Crippen LogP contribution in [0, 0.1) is 0 Å². The molecular weight excluding hydrogens is 440 g/mol. The number of ether oxygens (including phenoxy) is 3. The van der Waals surface area contributed by atoms with E-state index in [2.05, 4.69) is 5.32 Å². The summed E-state index contributed by atoms with van der Waals surface area (Å²) in [6, 6.07) is 5.38. The molecule has 0 aliphatic heterocycles. The minimum atomic E-state index is -0.406. The lowest BCUT2D eigenvalue weighted by atomic mass is 9.95. The summed E-state index contributed by atoms with van der Waals surface area (Å²) in [6.07, 6.45) is 3.95. The minimum absolute atomic E-state index is 0.153. The van der Waals surface area contributed by atoms with Gasteiger partial charge in [-0.2, -0.15) is 0 Å². The zero-order chi connectivity index (χ0) is 24.0. The van der Waals surface area contributed by atoms with Crippen molar-refractivity contribution in [3.63, 3.8) is 0 Å². The molecule has 1 heterocycles. The van der Waals surface area contributed by atoms with Gasteiger partial charge in [0.2, 0.25) is 5.91 Å². The third kappa shape index (κ3) is 5.86. The van der Waals surface area contributed by atoms with Gasteiger partial charge in [-0.25, -0.2) is 4.79 Å². The fourth-order valence-electron chi connectivity index (χ4n) is 4.00. The number of thiophene rings is 1. The van der Waals surface area contributed by atoms with Gasteiger partial charge in [0.05, 0.1) is 31.9 Å². The number of nitrogens with one attached hydrogen (secondary N) is 1. The van der Waals surface area contributed by atoms with Crippen molar-refractivity contribution in [2.75, 3.05) is 32.7 Å². The largest absolute Gasteiger partial charge is 0.493 e. The SMILES string of the molecule is CCOC(=O)c1c(NC(=O)C(C)N(C)Cc2ccc(OCC)c(OC)c2)sc2c1CCCC2. The van der Waals surface area contributed by atoms with E-state index in [1.807, 2.05) is 44.0 Å². The van der Waals surface area contributed by atoms with E-state index in [-0.39, 0.29) is 11.9 Å². The number of fused-ring (bicyclic) bond motifs is 1. The third-order valence-electron chi connectivity index (χ3n) is 5.89. The molecule has 1 aliphatic carbocycles. The molecule has 0 saturated carbocycles. The predicted octanol–water partition coefficient (Wildman–Crippen LogP) is 4.67. The zero-order valence-corrected chi connectivity index (χ0v) is 21.0. The van der Waals surface area contributed by atoms with Crippen molar-refractivity contribution in [2.24, 2.45) is 0 Å². The summed E-state index contributed by atoms with van der Waals surface area (Å²) in [5, 5.41) is 3.62. The second kappa shape index (κ2) is 11.5. The van der Waals surface area contributed by atoms with E-state index in [1.54, 1.807) is 14.0 Å². The number of hydrogen-bond donors (Lipinski definition) is 1. The summed E-state index contributed by atoms with van der Waals surface area (Å²) in [5.41, 5.74) is 2.59. The van der Waals surface area contributed by atoms with Crippen LogP contribution in [0.25, 0.3) is 0 Å². The highest BCUT2D eigenvalue weighted by Gasteiger charge is 2.29. The molecule has 1 unspecified atom stereocenters. The van der Waals surface area contributed by atoms with Crippen LogP contribution in [0.15, 0.2) is 18.2 Å². The molecule has 1 N–H and O–H groups in total. The highest BCUT2D eigenvalue weighted by atomic mass is 32.1. The van der Waals surface area contributed by atoms with Gasteiger partial charge in [0.1, 0.15) is 5.00 Å². The van der Waals surface area contributed by atoms with Crippen molar-refractivity contribution >= 4 is 28.2 Å². The number of esters is 1. The predicted molar refractivity (Wildman–Crippen MR) is 131 cm³/mol. The molecule has 0 bridgehead atoms. The quantitative estimate of drug-likeness (QED) is 0.504. The van der Waals surface area contributed by atoms with E-state index >= 15 is 0 Å². The molecule has 2 aromatic rings. The highest BCUT2D eigenvalue weighted by molar-refractivity contribution is 7.17.